The Morgan fingerprint density at radius 2 is 1.90 bits per heavy atom. The lowest BCUT2D eigenvalue weighted by Gasteiger charge is -2.07. The normalized spacial score (nSPS) is 10.2. The molecule has 0 saturated heterocycles. The topological polar surface area (TPSA) is 86.7 Å². The van der Waals surface area contributed by atoms with Gasteiger partial charge in [0, 0.05) is 0 Å². The average molecular weight is 290 g/mol. The molecule has 0 atom stereocenters. The minimum absolute atomic E-state index is 0.250. The molecule has 1 aromatic carbocycles. The van der Waals surface area contributed by atoms with Crippen LogP contribution in [0.4, 0.5) is 0 Å². The molecule has 0 bridgehead atoms. The first-order valence-electron chi connectivity index (χ1n) is 6.56. The SMILES string of the molecule is COc1ccc(OCCNC(=O)c2ccc(CN)o2)cc1. The third-order valence-corrected chi connectivity index (χ3v) is 2.80. The van der Waals surface area contributed by atoms with E-state index in [1.165, 1.54) is 0 Å². The summed E-state index contributed by atoms with van der Waals surface area (Å²) in [6, 6.07) is 10.5. The van der Waals surface area contributed by atoms with Crippen LogP contribution < -0.4 is 20.5 Å². The highest BCUT2D eigenvalue weighted by Gasteiger charge is 2.09. The van der Waals surface area contributed by atoms with Gasteiger partial charge in [0.1, 0.15) is 23.9 Å². The second-order valence-electron chi connectivity index (χ2n) is 4.25. The van der Waals surface area contributed by atoms with Crippen LogP contribution in [0.2, 0.25) is 0 Å². The van der Waals surface area contributed by atoms with Crippen molar-refractivity contribution >= 4 is 5.91 Å². The van der Waals surface area contributed by atoms with Gasteiger partial charge in [-0.1, -0.05) is 0 Å². The highest BCUT2D eigenvalue weighted by molar-refractivity contribution is 5.91. The Balaban J connectivity index is 1.72. The number of furan rings is 1. The summed E-state index contributed by atoms with van der Waals surface area (Å²) in [5.74, 6) is 2.03. The predicted octanol–water partition coefficient (Wildman–Crippen LogP) is 1.56. The minimum atomic E-state index is -0.284. The van der Waals surface area contributed by atoms with Crippen LogP contribution in [-0.2, 0) is 6.54 Å². The van der Waals surface area contributed by atoms with E-state index in [4.69, 9.17) is 19.6 Å². The van der Waals surface area contributed by atoms with E-state index in [-0.39, 0.29) is 18.2 Å². The zero-order valence-corrected chi connectivity index (χ0v) is 11.8. The van der Waals surface area contributed by atoms with Crippen LogP contribution in [0.1, 0.15) is 16.3 Å². The second kappa shape index (κ2) is 7.35. The molecule has 0 spiro atoms. The van der Waals surface area contributed by atoms with Gasteiger partial charge in [0.2, 0.25) is 0 Å². The summed E-state index contributed by atoms with van der Waals surface area (Å²) in [5.41, 5.74) is 5.42. The van der Waals surface area contributed by atoms with Gasteiger partial charge in [-0.15, -0.1) is 0 Å². The first-order chi connectivity index (χ1) is 10.2. The Bertz CT molecular complexity index is 578. The summed E-state index contributed by atoms with van der Waals surface area (Å²) in [6.07, 6.45) is 0. The Morgan fingerprint density at radius 3 is 2.52 bits per heavy atom. The third kappa shape index (κ3) is 4.25. The summed E-state index contributed by atoms with van der Waals surface area (Å²) >= 11 is 0. The Labute approximate surface area is 122 Å². The molecule has 3 N–H and O–H groups in total. The standard InChI is InChI=1S/C15H18N2O4/c1-19-11-2-4-12(5-3-11)20-9-8-17-15(18)14-7-6-13(10-16)21-14/h2-7H,8-10,16H2,1H3,(H,17,18). The first-order valence-corrected chi connectivity index (χ1v) is 6.56. The second-order valence-corrected chi connectivity index (χ2v) is 4.25. The van der Waals surface area contributed by atoms with Gasteiger partial charge in [-0.2, -0.15) is 0 Å². The summed E-state index contributed by atoms with van der Waals surface area (Å²) in [7, 11) is 1.61. The molecule has 6 heteroatoms. The van der Waals surface area contributed by atoms with Gasteiger partial charge in [0.25, 0.3) is 5.91 Å². The number of carbonyl (C=O) groups is 1. The van der Waals surface area contributed by atoms with Crippen LogP contribution in [-0.4, -0.2) is 26.2 Å². The molecule has 0 unspecified atom stereocenters. The zero-order valence-electron chi connectivity index (χ0n) is 11.8. The fourth-order valence-electron chi connectivity index (χ4n) is 1.70. The number of methoxy groups -OCH3 is 1. The Morgan fingerprint density at radius 1 is 1.19 bits per heavy atom. The quantitative estimate of drug-likeness (QED) is 0.756. The average Bonchev–Trinajstić information content (AvgIpc) is 3.01. The predicted molar refractivity (Wildman–Crippen MR) is 77.4 cm³/mol. The number of amides is 1. The van der Waals surface area contributed by atoms with Gasteiger partial charge >= 0.3 is 0 Å². The molecule has 0 aliphatic heterocycles. The molecule has 6 nitrogen and oxygen atoms in total. The molecular formula is C15H18N2O4. The molecule has 112 valence electrons. The van der Waals surface area contributed by atoms with Crippen molar-refractivity contribution in [1.29, 1.82) is 0 Å². The molecule has 0 aliphatic carbocycles. The molecule has 0 fully saturated rings. The smallest absolute Gasteiger partial charge is 0.287 e. The van der Waals surface area contributed by atoms with E-state index in [1.54, 1.807) is 31.4 Å². The van der Waals surface area contributed by atoms with Crippen molar-refractivity contribution in [1.82, 2.24) is 5.32 Å². The maximum absolute atomic E-state index is 11.8. The largest absolute Gasteiger partial charge is 0.497 e. The molecule has 0 aliphatic rings. The lowest BCUT2D eigenvalue weighted by Crippen LogP contribution is -2.27. The minimum Gasteiger partial charge on any atom is -0.497 e. The fraction of sp³-hybridized carbons (Fsp3) is 0.267. The number of benzene rings is 1. The van der Waals surface area contributed by atoms with Gasteiger partial charge in [-0.05, 0) is 36.4 Å². The monoisotopic (exact) mass is 290 g/mol. The molecule has 0 saturated carbocycles. The Hall–Kier alpha value is -2.47. The number of ether oxygens (including phenoxy) is 2. The molecular weight excluding hydrogens is 272 g/mol. The molecule has 0 radical (unpaired) electrons. The number of carbonyl (C=O) groups excluding carboxylic acids is 1. The molecule has 21 heavy (non-hydrogen) atoms. The molecule has 2 aromatic rings. The van der Waals surface area contributed by atoms with E-state index in [2.05, 4.69) is 5.32 Å². The summed E-state index contributed by atoms with van der Waals surface area (Å²) in [5, 5.41) is 2.71. The van der Waals surface area contributed by atoms with Crippen molar-refractivity contribution in [3.8, 4) is 11.5 Å². The van der Waals surface area contributed by atoms with E-state index in [0.29, 0.717) is 24.7 Å². The van der Waals surface area contributed by atoms with E-state index in [0.717, 1.165) is 5.75 Å². The van der Waals surface area contributed by atoms with Crippen molar-refractivity contribution in [2.24, 2.45) is 5.73 Å². The summed E-state index contributed by atoms with van der Waals surface area (Å²) in [6.45, 7) is 1.01. The third-order valence-electron chi connectivity index (χ3n) is 2.80. The Kier molecular flexibility index (Phi) is 5.22. The highest BCUT2D eigenvalue weighted by atomic mass is 16.5. The number of rotatable bonds is 7. The highest BCUT2D eigenvalue weighted by Crippen LogP contribution is 2.16. The molecule has 1 aromatic heterocycles. The van der Waals surface area contributed by atoms with E-state index >= 15 is 0 Å². The summed E-state index contributed by atoms with van der Waals surface area (Å²) < 4.78 is 15.8. The van der Waals surface area contributed by atoms with Gasteiger partial charge in [-0.3, -0.25) is 4.79 Å². The van der Waals surface area contributed by atoms with Crippen LogP contribution in [0.15, 0.2) is 40.8 Å². The van der Waals surface area contributed by atoms with Crippen molar-refractivity contribution in [2.75, 3.05) is 20.3 Å². The van der Waals surface area contributed by atoms with Crippen molar-refractivity contribution in [2.45, 2.75) is 6.54 Å². The number of hydrogen-bond acceptors (Lipinski definition) is 5. The van der Waals surface area contributed by atoms with E-state index < -0.39 is 0 Å². The van der Waals surface area contributed by atoms with Crippen LogP contribution >= 0.6 is 0 Å². The maximum atomic E-state index is 11.8. The van der Waals surface area contributed by atoms with Crippen LogP contribution in [0, 0.1) is 0 Å². The summed E-state index contributed by atoms with van der Waals surface area (Å²) in [4.78, 5) is 11.8. The molecule has 2 rings (SSSR count). The van der Waals surface area contributed by atoms with Gasteiger partial charge in [0.05, 0.1) is 20.2 Å². The van der Waals surface area contributed by atoms with Gasteiger partial charge in [0.15, 0.2) is 5.76 Å². The van der Waals surface area contributed by atoms with Crippen molar-refractivity contribution < 1.29 is 18.7 Å². The van der Waals surface area contributed by atoms with Gasteiger partial charge < -0.3 is 24.9 Å². The molecule has 1 amide bonds. The van der Waals surface area contributed by atoms with Crippen LogP contribution in [0.3, 0.4) is 0 Å². The van der Waals surface area contributed by atoms with Gasteiger partial charge in [-0.25, -0.2) is 0 Å². The number of hydrogen-bond donors (Lipinski definition) is 2. The number of nitrogens with one attached hydrogen (secondary N) is 1. The molecule has 1 heterocycles. The lowest BCUT2D eigenvalue weighted by molar-refractivity contribution is 0.0917. The fourth-order valence-corrected chi connectivity index (χ4v) is 1.70. The number of nitrogens with two attached hydrogens (primary N) is 1. The lowest BCUT2D eigenvalue weighted by atomic mass is 10.3. The first kappa shape index (κ1) is 14.9. The van der Waals surface area contributed by atoms with Crippen LogP contribution in [0.25, 0.3) is 0 Å². The van der Waals surface area contributed by atoms with Crippen molar-refractivity contribution in [3.05, 3.63) is 47.9 Å². The van der Waals surface area contributed by atoms with E-state index in [1.807, 2.05) is 12.1 Å². The van der Waals surface area contributed by atoms with Crippen LogP contribution in [0.5, 0.6) is 11.5 Å². The zero-order chi connectivity index (χ0) is 15.1. The van der Waals surface area contributed by atoms with Crippen molar-refractivity contribution in [3.63, 3.8) is 0 Å². The van der Waals surface area contributed by atoms with E-state index in [9.17, 15) is 4.79 Å². The maximum Gasteiger partial charge on any atom is 0.287 e.